The van der Waals surface area contributed by atoms with Gasteiger partial charge in [-0.1, -0.05) is 18.5 Å². The maximum absolute atomic E-state index is 14.0. The van der Waals surface area contributed by atoms with E-state index in [4.69, 9.17) is 23.1 Å². The van der Waals surface area contributed by atoms with Gasteiger partial charge in [0.25, 0.3) is 0 Å². The average molecular weight is 301 g/mol. The third-order valence-electron chi connectivity index (χ3n) is 3.66. The predicted octanol–water partition coefficient (Wildman–Crippen LogP) is 2.79. The number of halogens is 2. The highest BCUT2D eigenvalue weighted by molar-refractivity contribution is 6.33. The number of nitrogens with zero attached hydrogens (tertiary/aromatic N) is 1. The minimum absolute atomic E-state index is 0.0751. The second kappa shape index (κ2) is 6.50. The highest BCUT2D eigenvalue weighted by Crippen LogP contribution is 2.33. The Labute approximate surface area is 124 Å². The molecule has 1 aromatic rings. The fourth-order valence-electron chi connectivity index (χ4n) is 2.59. The maximum Gasteiger partial charge on any atom is 0.169 e. The van der Waals surface area contributed by atoms with E-state index in [0.717, 1.165) is 19.6 Å². The van der Waals surface area contributed by atoms with Crippen molar-refractivity contribution >= 4 is 28.7 Å². The van der Waals surface area contributed by atoms with Gasteiger partial charge in [0.1, 0.15) is 5.02 Å². The molecule has 5 N–H and O–H groups in total. The summed E-state index contributed by atoms with van der Waals surface area (Å²) in [5, 5.41) is 2.98. The quantitative estimate of drug-likeness (QED) is 0.732. The summed E-state index contributed by atoms with van der Waals surface area (Å²) in [6, 6.07) is 1.49. The van der Waals surface area contributed by atoms with Crippen molar-refractivity contribution in [2.45, 2.75) is 19.8 Å². The number of hydrogen-bond donors (Lipinski definition) is 3. The van der Waals surface area contributed by atoms with Crippen LogP contribution in [0.4, 0.5) is 21.5 Å². The molecule has 0 spiro atoms. The summed E-state index contributed by atoms with van der Waals surface area (Å²) in [7, 11) is 0. The van der Waals surface area contributed by atoms with Gasteiger partial charge in [0.2, 0.25) is 0 Å². The Kier molecular flexibility index (Phi) is 4.94. The highest BCUT2D eigenvalue weighted by Gasteiger charge is 2.17. The van der Waals surface area contributed by atoms with Gasteiger partial charge in [-0.2, -0.15) is 0 Å². The van der Waals surface area contributed by atoms with Crippen LogP contribution in [-0.2, 0) is 0 Å². The van der Waals surface area contributed by atoms with Gasteiger partial charge in [-0.15, -0.1) is 0 Å². The monoisotopic (exact) mass is 300 g/mol. The molecule has 112 valence electrons. The van der Waals surface area contributed by atoms with E-state index in [1.807, 2.05) is 0 Å². The van der Waals surface area contributed by atoms with Crippen LogP contribution in [-0.4, -0.2) is 31.1 Å². The number of nitrogens with one attached hydrogen (secondary N) is 1. The van der Waals surface area contributed by atoms with Crippen molar-refractivity contribution in [1.82, 2.24) is 4.90 Å². The highest BCUT2D eigenvalue weighted by atomic mass is 35.5. The molecule has 1 aliphatic rings. The SMILES string of the molecule is CC(CNc1c(N)cc(N)c(Cl)c1F)CN1CCCC1. The Morgan fingerprint density at radius 2 is 2.00 bits per heavy atom. The topological polar surface area (TPSA) is 67.3 Å². The second-order valence-corrected chi connectivity index (χ2v) is 5.93. The zero-order valence-corrected chi connectivity index (χ0v) is 12.5. The lowest BCUT2D eigenvalue weighted by molar-refractivity contribution is 0.294. The van der Waals surface area contributed by atoms with Gasteiger partial charge >= 0.3 is 0 Å². The van der Waals surface area contributed by atoms with Crippen molar-refractivity contribution in [1.29, 1.82) is 0 Å². The standard InChI is InChI=1S/C14H22ClFN4/c1-9(8-20-4-2-3-5-20)7-19-14-11(18)6-10(17)12(15)13(14)16/h6,9,19H,2-5,7-8,17-18H2,1H3. The van der Waals surface area contributed by atoms with Crippen LogP contribution in [0, 0.1) is 11.7 Å². The van der Waals surface area contributed by atoms with Crippen LogP contribution >= 0.6 is 11.6 Å². The van der Waals surface area contributed by atoms with E-state index >= 15 is 0 Å². The average Bonchev–Trinajstić information content (AvgIpc) is 2.88. The summed E-state index contributed by atoms with van der Waals surface area (Å²) >= 11 is 5.80. The fourth-order valence-corrected chi connectivity index (χ4v) is 2.74. The minimum Gasteiger partial charge on any atom is -0.397 e. The molecule has 0 amide bonds. The lowest BCUT2D eigenvalue weighted by Crippen LogP contribution is -2.29. The molecule has 2 rings (SSSR count). The molecule has 4 nitrogen and oxygen atoms in total. The Bertz CT molecular complexity index is 475. The number of nitrogens with two attached hydrogens (primary N) is 2. The lowest BCUT2D eigenvalue weighted by atomic mass is 10.1. The molecule has 1 heterocycles. The molecule has 1 atom stereocenters. The van der Waals surface area contributed by atoms with Crippen molar-refractivity contribution < 1.29 is 4.39 Å². The molecule has 1 aliphatic heterocycles. The van der Waals surface area contributed by atoms with Crippen LogP contribution in [0.1, 0.15) is 19.8 Å². The number of hydrogen-bond acceptors (Lipinski definition) is 4. The molecule has 6 heteroatoms. The van der Waals surface area contributed by atoms with Crippen LogP contribution in [0.15, 0.2) is 6.07 Å². The van der Waals surface area contributed by atoms with Gasteiger partial charge < -0.3 is 21.7 Å². The predicted molar refractivity (Wildman–Crippen MR) is 83.6 cm³/mol. The second-order valence-electron chi connectivity index (χ2n) is 5.55. The van der Waals surface area contributed by atoms with Gasteiger partial charge in [0, 0.05) is 13.1 Å². The molecule has 0 bridgehead atoms. The van der Waals surface area contributed by atoms with Crippen molar-refractivity contribution in [3.05, 3.63) is 16.9 Å². The third kappa shape index (κ3) is 3.46. The summed E-state index contributed by atoms with van der Waals surface area (Å²) in [6.07, 6.45) is 2.55. The Morgan fingerprint density at radius 3 is 2.65 bits per heavy atom. The molecular weight excluding hydrogens is 279 g/mol. The van der Waals surface area contributed by atoms with E-state index in [1.54, 1.807) is 0 Å². The molecular formula is C14H22ClFN4. The summed E-state index contributed by atoms with van der Waals surface area (Å²) in [5.74, 6) is -0.166. The van der Waals surface area contributed by atoms with Crippen molar-refractivity contribution in [2.75, 3.05) is 43.0 Å². The van der Waals surface area contributed by atoms with E-state index in [9.17, 15) is 4.39 Å². The van der Waals surface area contributed by atoms with Crippen LogP contribution in [0.2, 0.25) is 5.02 Å². The normalized spacial score (nSPS) is 17.4. The zero-order chi connectivity index (χ0) is 14.7. The Morgan fingerprint density at radius 1 is 1.35 bits per heavy atom. The zero-order valence-electron chi connectivity index (χ0n) is 11.8. The van der Waals surface area contributed by atoms with Crippen molar-refractivity contribution in [3.8, 4) is 0 Å². The summed E-state index contributed by atoms with van der Waals surface area (Å²) < 4.78 is 14.0. The number of anilines is 3. The van der Waals surface area contributed by atoms with Gasteiger partial charge in [-0.3, -0.25) is 0 Å². The van der Waals surface area contributed by atoms with Gasteiger partial charge in [-0.05, 0) is 37.9 Å². The van der Waals surface area contributed by atoms with Gasteiger partial charge in [-0.25, -0.2) is 4.39 Å². The van der Waals surface area contributed by atoms with Crippen molar-refractivity contribution in [2.24, 2.45) is 5.92 Å². The van der Waals surface area contributed by atoms with E-state index in [0.29, 0.717) is 12.5 Å². The first kappa shape index (κ1) is 15.2. The Hall–Kier alpha value is -1.20. The van der Waals surface area contributed by atoms with Crippen LogP contribution in [0.25, 0.3) is 0 Å². The van der Waals surface area contributed by atoms with E-state index in [-0.39, 0.29) is 22.1 Å². The molecule has 0 saturated carbocycles. The molecule has 0 radical (unpaired) electrons. The number of rotatable bonds is 5. The Balaban J connectivity index is 1.94. The fraction of sp³-hybridized carbons (Fsp3) is 0.571. The van der Waals surface area contributed by atoms with Crippen LogP contribution in [0.5, 0.6) is 0 Å². The molecule has 20 heavy (non-hydrogen) atoms. The molecule has 1 unspecified atom stereocenters. The third-order valence-corrected chi connectivity index (χ3v) is 4.05. The van der Waals surface area contributed by atoms with E-state index < -0.39 is 5.82 Å². The van der Waals surface area contributed by atoms with E-state index in [2.05, 4.69) is 17.1 Å². The van der Waals surface area contributed by atoms with Crippen LogP contribution in [0.3, 0.4) is 0 Å². The first-order chi connectivity index (χ1) is 9.49. The summed E-state index contributed by atoms with van der Waals surface area (Å²) in [4.78, 5) is 2.43. The summed E-state index contributed by atoms with van der Waals surface area (Å²) in [5.41, 5.74) is 12.1. The van der Waals surface area contributed by atoms with E-state index in [1.165, 1.54) is 18.9 Å². The number of likely N-dealkylation sites (tertiary alicyclic amines) is 1. The first-order valence-corrected chi connectivity index (χ1v) is 7.36. The summed E-state index contributed by atoms with van der Waals surface area (Å²) in [6.45, 7) is 6.12. The smallest absolute Gasteiger partial charge is 0.169 e. The molecule has 0 aliphatic carbocycles. The van der Waals surface area contributed by atoms with Gasteiger partial charge in [0.15, 0.2) is 5.82 Å². The molecule has 0 aromatic heterocycles. The largest absolute Gasteiger partial charge is 0.397 e. The maximum atomic E-state index is 14.0. The first-order valence-electron chi connectivity index (χ1n) is 6.98. The molecule has 1 fully saturated rings. The molecule has 1 saturated heterocycles. The van der Waals surface area contributed by atoms with Crippen LogP contribution < -0.4 is 16.8 Å². The number of benzene rings is 1. The van der Waals surface area contributed by atoms with Gasteiger partial charge in [0.05, 0.1) is 17.1 Å². The number of nitrogen functional groups attached to an aromatic ring is 2. The molecule has 1 aromatic carbocycles. The lowest BCUT2D eigenvalue weighted by Gasteiger charge is -2.21. The minimum atomic E-state index is -0.572. The van der Waals surface area contributed by atoms with Crippen molar-refractivity contribution in [3.63, 3.8) is 0 Å².